The number of Topliss-reactive ketones (excluding diaryl/α,β-unsaturated/α-hetero) is 1. The van der Waals surface area contributed by atoms with Gasteiger partial charge in [0.1, 0.15) is 24.5 Å². The number of fused-ring (bicyclic) bond motifs is 1. The third-order valence-corrected chi connectivity index (χ3v) is 8.97. The number of sulfonamides is 1. The average molecular weight is 531 g/mol. The number of carbonyl (C=O) groups excluding carboxylic acids is 3. The Bertz CT molecular complexity index is 1320. The number of hydrogen-bond acceptors (Lipinski definition) is 8. The van der Waals surface area contributed by atoms with Crippen molar-refractivity contribution in [3.05, 3.63) is 47.2 Å². The molecule has 3 atom stereocenters. The van der Waals surface area contributed by atoms with E-state index in [1.54, 1.807) is 24.3 Å². The third-order valence-electron chi connectivity index (χ3n) is 7.22. The Morgan fingerprint density at radius 2 is 1.86 bits per heavy atom. The van der Waals surface area contributed by atoms with Gasteiger partial charge in [-0.15, -0.1) is 0 Å². The topological polar surface area (TPSA) is 152 Å². The molecule has 3 N–H and O–H groups in total. The van der Waals surface area contributed by atoms with Crippen molar-refractivity contribution < 1.29 is 32.0 Å². The van der Waals surface area contributed by atoms with Gasteiger partial charge in [-0.25, -0.2) is 8.42 Å². The Kier molecular flexibility index (Phi) is 6.82. The smallest absolute Gasteiger partial charge is 0.276 e. The van der Waals surface area contributed by atoms with Gasteiger partial charge in [0.2, 0.25) is 11.0 Å². The molecule has 2 aromatic rings. The summed E-state index contributed by atoms with van der Waals surface area (Å²) < 4.78 is 38.2. The van der Waals surface area contributed by atoms with Crippen molar-refractivity contribution in [2.24, 2.45) is 0 Å². The summed E-state index contributed by atoms with van der Waals surface area (Å²) in [5.41, 5.74) is 7.15. The van der Waals surface area contributed by atoms with E-state index in [2.05, 4.69) is 5.32 Å². The van der Waals surface area contributed by atoms with E-state index in [-0.39, 0.29) is 41.3 Å². The molecule has 1 aromatic heterocycles. The molecule has 11 nitrogen and oxygen atoms in total. The number of amides is 2. The van der Waals surface area contributed by atoms with Crippen LogP contribution in [0.25, 0.3) is 0 Å². The minimum Gasteiger partial charge on any atom is -0.448 e. The molecule has 0 aliphatic carbocycles. The summed E-state index contributed by atoms with van der Waals surface area (Å²) in [6.45, 7) is 2.63. The second-order valence-corrected chi connectivity index (χ2v) is 11.6. The molecule has 5 rings (SSSR count). The van der Waals surface area contributed by atoms with E-state index < -0.39 is 33.9 Å². The minimum atomic E-state index is -3.85. The third kappa shape index (κ3) is 4.88. The van der Waals surface area contributed by atoms with E-state index in [1.165, 1.54) is 22.2 Å². The van der Waals surface area contributed by atoms with Gasteiger partial charge in [0.15, 0.2) is 5.78 Å². The molecule has 3 aliphatic heterocycles. The van der Waals surface area contributed by atoms with E-state index in [0.717, 1.165) is 18.4 Å². The second kappa shape index (κ2) is 9.92. The fraction of sp³-hybridized carbons (Fsp3) is 0.480. The Balaban J connectivity index is 1.39. The van der Waals surface area contributed by atoms with Crippen LogP contribution in [0.1, 0.15) is 40.9 Å². The predicted octanol–water partition coefficient (Wildman–Crippen LogP) is 0.865. The summed E-state index contributed by atoms with van der Waals surface area (Å²) in [5, 5.41) is 2.46. The van der Waals surface area contributed by atoms with Crippen molar-refractivity contribution in [2.75, 3.05) is 32.0 Å². The lowest BCUT2D eigenvalue weighted by atomic mass is 10.0. The highest BCUT2D eigenvalue weighted by Gasteiger charge is 2.48. The average Bonchev–Trinajstić information content (AvgIpc) is 3.66. The molecule has 2 amide bonds. The fourth-order valence-electron chi connectivity index (χ4n) is 5.23. The first-order valence-corrected chi connectivity index (χ1v) is 13.8. The summed E-state index contributed by atoms with van der Waals surface area (Å²) >= 11 is 0. The van der Waals surface area contributed by atoms with Crippen molar-refractivity contribution in [1.82, 2.24) is 14.5 Å². The van der Waals surface area contributed by atoms with Gasteiger partial charge >= 0.3 is 0 Å². The first-order chi connectivity index (χ1) is 17.6. The Morgan fingerprint density at radius 3 is 2.57 bits per heavy atom. The number of rotatable bonds is 7. The molecule has 4 heterocycles. The number of nitrogens with zero attached hydrogens (tertiary/aromatic N) is 2. The molecule has 0 spiro atoms. The number of hydrogen-bond donors (Lipinski definition) is 2. The summed E-state index contributed by atoms with van der Waals surface area (Å²) in [4.78, 5) is 40.8. The Labute approximate surface area is 215 Å². The van der Waals surface area contributed by atoms with Crippen LogP contribution in [0, 0.1) is 6.92 Å². The lowest BCUT2D eigenvalue weighted by Gasteiger charge is -2.27. The van der Waals surface area contributed by atoms with Gasteiger partial charge < -0.3 is 25.1 Å². The number of nitrogens with one attached hydrogen (secondary N) is 1. The van der Waals surface area contributed by atoms with Crippen LogP contribution in [0.15, 0.2) is 39.8 Å². The molecule has 37 heavy (non-hydrogen) atoms. The van der Waals surface area contributed by atoms with Gasteiger partial charge in [-0.3, -0.25) is 14.4 Å². The van der Waals surface area contributed by atoms with Gasteiger partial charge in [0, 0.05) is 37.8 Å². The number of anilines is 1. The van der Waals surface area contributed by atoms with Crippen molar-refractivity contribution in [3.63, 3.8) is 0 Å². The SMILES string of the molecule is Cc1oc(S(=O)(=O)N2CCCC2)cc1C(=O)NC(Cc1ccc(N)cc1)C(=O)N1CCC2OCC(=O)C21. The zero-order valence-corrected chi connectivity index (χ0v) is 21.3. The van der Waals surface area contributed by atoms with Crippen LogP contribution < -0.4 is 11.1 Å². The molecule has 1 aromatic carbocycles. The number of likely N-dealkylation sites (tertiary alicyclic amines) is 1. The van der Waals surface area contributed by atoms with Crippen LogP contribution in [0.2, 0.25) is 0 Å². The molecule has 0 radical (unpaired) electrons. The van der Waals surface area contributed by atoms with E-state index >= 15 is 0 Å². The standard InChI is InChI=1S/C25H30N4O7S/c1-15-18(13-22(36-15)37(33,34)28-9-2-3-10-28)24(31)27-19(12-16-4-6-17(26)7-5-16)25(32)29-11-8-21-23(29)20(30)14-35-21/h4-7,13,19,21,23H,2-3,8-12,14,26H2,1H3,(H,27,31). The number of ether oxygens (including phenoxy) is 1. The highest BCUT2D eigenvalue weighted by atomic mass is 32.2. The maximum absolute atomic E-state index is 13.6. The maximum atomic E-state index is 13.6. The van der Waals surface area contributed by atoms with Gasteiger partial charge in [0.25, 0.3) is 15.9 Å². The van der Waals surface area contributed by atoms with E-state index in [4.69, 9.17) is 14.9 Å². The fourth-order valence-corrected chi connectivity index (χ4v) is 6.72. The largest absolute Gasteiger partial charge is 0.448 e. The Morgan fingerprint density at radius 1 is 1.16 bits per heavy atom. The van der Waals surface area contributed by atoms with Crippen molar-refractivity contribution >= 4 is 33.3 Å². The van der Waals surface area contributed by atoms with Crippen LogP contribution in [0.5, 0.6) is 0 Å². The number of ketones is 1. The van der Waals surface area contributed by atoms with Crippen molar-refractivity contribution in [1.29, 1.82) is 0 Å². The molecule has 198 valence electrons. The number of nitrogen functional groups attached to an aromatic ring is 1. The number of carbonyl (C=O) groups is 3. The van der Waals surface area contributed by atoms with E-state index in [1.807, 2.05) is 0 Å². The predicted molar refractivity (Wildman–Crippen MR) is 132 cm³/mol. The zero-order chi connectivity index (χ0) is 26.3. The van der Waals surface area contributed by atoms with Gasteiger partial charge in [-0.05, 0) is 43.9 Å². The van der Waals surface area contributed by atoms with Crippen LogP contribution in [0.3, 0.4) is 0 Å². The number of furan rings is 1. The summed E-state index contributed by atoms with van der Waals surface area (Å²) in [7, 11) is -3.85. The molecule has 3 fully saturated rings. The van der Waals surface area contributed by atoms with Gasteiger partial charge in [-0.2, -0.15) is 4.31 Å². The number of benzene rings is 1. The molecular formula is C25H30N4O7S. The highest BCUT2D eigenvalue weighted by Crippen LogP contribution is 2.29. The van der Waals surface area contributed by atoms with Gasteiger partial charge in [0.05, 0.1) is 11.7 Å². The van der Waals surface area contributed by atoms with E-state index in [0.29, 0.717) is 31.7 Å². The van der Waals surface area contributed by atoms with Crippen molar-refractivity contribution in [2.45, 2.75) is 55.9 Å². The number of aryl methyl sites for hydroxylation is 1. The molecule has 12 heteroatoms. The first-order valence-electron chi connectivity index (χ1n) is 12.4. The second-order valence-electron chi connectivity index (χ2n) is 9.70. The summed E-state index contributed by atoms with van der Waals surface area (Å²) in [5.74, 6) is -1.06. The normalized spacial score (nSPS) is 22.8. The Hall–Kier alpha value is -3.22. The van der Waals surface area contributed by atoms with Crippen molar-refractivity contribution in [3.8, 4) is 0 Å². The molecule has 0 saturated carbocycles. The molecule has 3 aliphatic rings. The lowest BCUT2D eigenvalue weighted by molar-refractivity contribution is -0.138. The first kappa shape index (κ1) is 25.4. The molecule has 3 saturated heterocycles. The monoisotopic (exact) mass is 530 g/mol. The van der Waals surface area contributed by atoms with Crippen LogP contribution in [-0.4, -0.2) is 79.6 Å². The van der Waals surface area contributed by atoms with Crippen LogP contribution in [0.4, 0.5) is 5.69 Å². The van der Waals surface area contributed by atoms with E-state index in [9.17, 15) is 22.8 Å². The molecule has 0 bridgehead atoms. The molecular weight excluding hydrogens is 500 g/mol. The van der Waals surface area contributed by atoms with Crippen LogP contribution in [-0.2, 0) is 30.8 Å². The quantitative estimate of drug-likeness (QED) is 0.500. The summed E-state index contributed by atoms with van der Waals surface area (Å²) in [6.07, 6.45) is 1.91. The minimum absolute atomic E-state index is 0.0312. The number of nitrogens with two attached hydrogens (primary N) is 1. The molecule has 3 unspecified atom stereocenters. The van der Waals surface area contributed by atoms with Gasteiger partial charge in [-0.1, -0.05) is 12.1 Å². The zero-order valence-electron chi connectivity index (χ0n) is 20.5. The lowest BCUT2D eigenvalue weighted by Crippen LogP contribution is -2.53. The maximum Gasteiger partial charge on any atom is 0.276 e. The summed E-state index contributed by atoms with van der Waals surface area (Å²) in [6, 6.07) is 6.49. The highest BCUT2D eigenvalue weighted by molar-refractivity contribution is 7.89. The van der Waals surface area contributed by atoms with Crippen LogP contribution >= 0.6 is 0 Å².